The van der Waals surface area contributed by atoms with Gasteiger partial charge in [-0.3, -0.25) is 9.97 Å². The van der Waals surface area contributed by atoms with E-state index in [9.17, 15) is 0 Å². The third-order valence-electron chi connectivity index (χ3n) is 14.5. The molecule has 326 valence electrons. The van der Waals surface area contributed by atoms with Gasteiger partial charge in [0.15, 0.2) is 0 Å². The SMILES string of the molecule is c1ccc(-c2c(-n3c4ccccc4c4ccccc43)c(-n3c4ccccc4c4ccccc43)c(-c3ccncc3)c(-n3c4ccccc4c4ccccc43)c2-n2c3ccccc3c3ccccc32)nc1. The van der Waals surface area contributed by atoms with Gasteiger partial charge < -0.3 is 18.3 Å². The van der Waals surface area contributed by atoms with E-state index in [-0.39, 0.29) is 0 Å². The second-order valence-electron chi connectivity index (χ2n) is 18.1. The molecular formula is C64H40N6. The zero-order valence-corrected chi connectivity index (χ0v) is 37.8. The summed E-state index contributed by atoms with van der Waals surface area (Å²) < 4.78 is 10.1. The van der Waals surface area contributed by atoms with Crippen LogP contribution in [-0.2, 0) is 0 Å². The van der Waals surface area contributed by atoms with Crippen molar-refractivity contribution in [2.24, 2.45) is 0 Å². The van der Waals surface area contributed by atoms with E-state index < -0.39 is 0 Å². The van der Waals surface area contributed by atoms with Gasteiger partial charge in [0, 0.05) is 67.2 Å². The van der Waals surface area contributed by atoms with Crippen LogP contribution in [0, 0.1) is 0 Å². The van der Waals surface area contributed by atoms with Crippen LogP contribution in [0.15, 0.2) is 243 Å². The molecule has 0 aliphatic heterocycles. The molecule has 0 amide bonds. The summed E-state index contributed by atoms with van der Waals surface area (Å²) in [5.41, 5.74) is 16.8. The number of benzene rings is 9. The smallest absolute Gasteiger partial charge is 0.0827 e. The molecule has 9 aromatic carbocycles. The Balaban J connectivity index is 1.35. The quantitative estimate of drug-likeness (QED) is 0.167. The minimum absolute atomic E-state index is 0.849. The van der Waals surface area contributed by atoms with E-state index in [2.05, 4.69) is 237 Å². The molecule has 0 spiro atoms. The Morgan fingerprint density at radius 3 is 0.757 bits per heavy atom. The lowest BCUT2D eigenvalue weighted by Crippen LogP contribution is -2.16. The lowest BCUT2D eigenvalue weighted by atomic mass is 9.92. The number of nitrogens with zero attached hydrogens (tertiary/aromatic N) is 6. The zero-order chi connectivity index (χ0) is 45.9. The van der Waals surface area contributed by atoms with Crippen molar-refractivity contribution in [3.8, 4) is 45.1 Å². The number of rotatable bonds is 6. The van der Waals surface area contributed by atoms with Crippen molar-refractivity contribution >= 4 is 87.2 Å². The van der Waals surface area contributed by atoms with Crippen LogP contribution in [0.1, 0.15) is 0 Å². The average Bonchev–Trinajstić information content (AvgIpc) is 4.16. The highest BCUT2D eigenvalue weighted by atomic mass is 15.1. The molecule has 0 fully saturated rings. The molecule has 15 aromatic rings. The predicted molar refractivity (Wildman–Crippen MR) is 290 cm³/mol. The Morgan fingerprint density at radius 2 is 0.486 bits per heavy atom. The van der Waals surface area contributed by atoms with Crippen LogP contribution >= 0.6 is 0 Å². The average molecular weight is 893 g/mol. The van der Waals surface area contributed by atoms with Crippen LogP contribution in [0.5, 0.6) is 0 Å². The molecule has 0 N–H and O–H groups in total. The Labute approximate surface area is 401 Å². The van der Waals surface area contributed by atoms with Crippen molar-refractivity contribution in [3.05, 3.63) is 243 Å². The van der Waals surface area contributed by atoms with Crippen LogP contribution < -0.4 is 0 Å². The van der Waals surface area contributed by atoms with E-state index in [0.717, 1.165) is 89.3 Å². The first kappa shape index (κ1) is 38.6. The van der Waals surface area contributed by atoms with Gasteiger partial charge in [0.05, 0.1) is 78.1 Å². The summed E-state index contributed by atoms with van der Waals surface area (Å²) >= 11 is 0. The van der Waals surface area contributed by atoms with Gasteiger partial charge in [-0.15, -0.1) is 0 Å². The molecule has 0 aliphatic carbocycles. The number of fused-ring (bicyclic) bond motifs is 12. The molecule has 6 aromatic heterocycles. The van der Waals surface area contributed by atoms with Gasteiger partial charge in [0.2, 0.25) is 0 Å². The molecule has 0 saturated carbocycles. The molecule has 6 heteroatoms. The number of hydrogen-bond donors (Lipinski definition) is 0. The van der Waals surface area contributed by atoms with Crippen molar-refractivity contribution in [1.82, 2.24) is 28.2 Å². The van der Waals surface area contributed by atoms with E-state index in [1.54, 1.807) is 0 Å². The first-order chi connectivity index (χ1) is 34.8. The summed E-state index contributed by atoms with van der Waals surface area (Å²) in [6, 6.07) is 81.7. The van der Waals surface area contributed by atoms with Gasteiger partial charge in [-0.2, -0.15) is 0 Å². The second-order valence-corrected chi connectivity index (χ2v) is 18.1. The van der Waals surface area contributed by atoms with Crippen molar-refractivity contribution in [2.45, 2.75) is 0 Å². The third-order valence-corrected chi connectivity index (χ3v) is 14.5. The van der Waals surface area contributed by atoms with Gasteiger partial charge in [-0.25, -0.2) is 0 Å². The van der Waals surface area contributed by atoms with Gasteiger partial charge in [0.25, 0.3) is 0 Å². The van der Waals surface area contributed by atoms with Crippen LogP contribution in [0.25, 0.3) is 132 Å². The van der Waals surface area contributed by atoms with E-state index in [1.807, 2.05) is 24.7 Å². The summed E-state index contributed by atoms with van der Waals surface area (Å²) in [5, 5.41) is 9.41. The van der Waals surface area contributed by atoms with Gasteiger partial charge in [-0.1, -0.05) is 152 Å². The fourth-order valence-electron chi connectivity index (χ4n) is 11.8. The lowest BCUT2D eigenvalue weighted by Gasteiger charge is -2.31. The molecule has 0 atom stereocenters. The topological polar surface area (TPSA) is 45.5 Å². The zero-order valence-electron chi connectivity index (χ0n) is 37.8. The first-order valence-corrected chi connectivity index (χ1v) is 23.8. The standard InChI is InChI=1S/C64H40N6/c1-9-28-51-42(19-1)43-20-2-10-29-52(43)67(51)61-59(41-36-39-65-40-37-41)62(68-53-30-11-3-21-44(53)45-22-4-12-31-54(45)68)64(70-57-34-15-7-25-48(57)49-26-8-16-35-58(49)70)60(50-27-17-18-38-66-50)63(61)69-55-32-13-5-23-46(55)47-24-6-14-33-56(47)69/h1-40H. The molecular weight excluding hydrogens is 853 g/mol. The first-order valence-electron chi connectivity index (χ1n) is 23.8. The minimum Gasteiger partial charge on any atom is -0.306 e. The fourth-order valence-corrected chi connectivity index (χ4v) is 11.8. The van der Waals surface area contributed by atoms with E-state index >= 15 is 0 Å². The molecule has 70 heavy (non-hydrogen) atoms. The molecule has 6 nitrogen and oxygen atoms in total. The highest BCUT2D eigenvalue weighted by Gasteiger charge is 2.35. The normalized spacial score (nSPS) is 12.0. The minimum atomic E-state index is 0.849. The number of aromatic nitrogens is 6. The Bertz CT molecular complexity index is 3830. The number of para-hydroxylation sites is 8. The summed E-state index contributed by atoms with van der Waals surface area (Å²) in [6.45, 7) is 0. The molecule has 0 bridgehead atoms. The maximum absolute atomic E-state index is 5.45. The second kappa shape index (κ2) is 15.0. The predicted octanol–water partition coefficient (Wildman–Crippen LogP) is 16.2. The molecule has 0 aliphatic rings. The number of hydrogen-bond acceptors (Lipinski definition) is 2. The monoisotopic (exact) mass is 892 g/mol. The fraction of sp³-hybridized carbons (Fsp3) is 0. The van der Waals surface area contributed by atoms with Crippen LogP contribution in [0.4, 0.5) is 0 Å². The van der Waals surface area contributed by atoms with Crippen LogP contribution in [0.2, 0.25) is 0 Å². The Kier molecular flexibility index (Phi) is 8.26. The van der Waals surface area contributed by atoms with Gasteiger partial charge >= 0.3 is 0 Å². The maximum Gasteiger partial charge on any atom is 0.0827 e. The summed E-state index contributed by atoms with van der Waals surface area (Å²) in [7, 11) is 0. The summed E-state index contributed by atoms with van der Waals surface area (Å²) in [6.07, 6.45) is 5.82. The summed E-state index contributed by atoms with van der Waals surface area (Å²) in [5.74, 6) is 0. The van der Waals surface area contributed by atoms with Gasteiger partial charge in [0.1, 0.15) is 0 Å². The molecule has 0 radical (unpaired) electrons. The molecule has 6 heterocycles. The van der Waals surface area contributed by atoms with Crippen LogP contribution in [-0.4, -0.2) is 28.2 Å². The molecule has 0 saturated heterocycles. The molecule has 15 rings (SSSR count). The largest absolute Gasteiger partial charge is 0.306 e. The summed E-state index contributed by atoms with van der Waals surface area (Å²) in [4.78, 5) is 10.1. The maximum atomic E-state index is 5.45. The van der Waals surface area contributed by atoms with E-state index in [1.165, 1.54) is 43.1 Å². The highest BCUT2D eigenvalue weighted by molar-refractivity contribution is 6.18. The Hall–Kier alpha value is -9.52. The molecule has 0 unspecified atom stereocenters. The highest BCUT2D eigenvalue weighted by Crippen LogP contribution is 2.54. The van der Waals surface area contributed by atoms with Crippen molar-refractivity contribution in [1.29, 1.82) is 0 Å². The van der Waals surface area contributed by atoms with Crippen molar-refractivity contribution < 1.29 is 0 Å². The third kappa shape index (κ3) is 5.33. The van der Waals surface area contributed by atoms with Crippen LogP contribution in [0.3, 0.4) is 0 Å². The Morgan fingerprint density at radius 1 is 0.229 bits per heavy atom. The van der Waals surface area contributed by atoms with Crippen molar-refractivity contribution in [2.75, 3.05) is 0 Å². The van der Waals surface area contributed by atoms with Gasteiger partial charge in [-0.05, 0) is 78.4 Å². The van der Waals surface area contributed by atoms with E-state index in [0.29, 0.717) is 0 Å². The lowest BCUT2D eigenvalue weighted by molar-refractivity contribution is 1.04. The number of pyridine rings is 2. The van der Waals surface area contributed by atoms with Crippen molar-refractivity contribution in [3.63, 3.8) is 0 Å². The van der Waals surface area contributed by atoms with E-state index in [4.69, 9.17) is 9.97 Å².